The molecule has 65 heavy (non-hydrogen) atoms. The van der Waals surface area contributed by atoms with Gasteiger partial charge < -0.3 is 38.8 Å². The number of rotatable bonds is 6. The minimum absolute atomic E-state index is 0.0304. The van der Waals surface area contributed by atoms with Crippen LogP contribution in [0.25, 0.3) is 0 Å². The first-order valence-electron chi connectivity index (χ1n) is 24.2. The Balaban J connectivity index is 1.70. The van der Waals surface area contributed by atoms with Gasteiger partial charge in [-0.3, -0.25) is 19.2 Å². The smallest absolute Gasteiger partial charge is 0.329 e. The number of fused-ring (bicyclic) bond motifs is 3. The van der Waals surface area contributed by atoms with Crippen molar-refractivity contribution in [3.05, 3.63) is 47.6 Å². The second kappa shape index (κ2) is 25.2. The first-order chi connectivity index (χ1) is 30.7. The molecule has 15 atom stereocenters. The lowest BCUT2D eigenvalue weighted by molar-refractivity contribution is -0.265. The SMILES string of the molecule is COC1CC2CCC(C)C(O)(O2)C(=O)C(=O)N2CCCC[C@H]2C(=O)OC(C(C)C[C@@H]2CC[C@H](C)C(OC)C2)CC(=O)C(C)/C=C(\C)C(O)C(OC)C(=O)C(C)C[C@H](C)/C=C/C=C/C=C/1C. The summed E-state index contributed by atoms with van der Waals surface area (Å²) in [6, 6.07) is -1.11. The topological polar surface area (TPSA) is 175 Å². The van der Waals surface area contributed by atoms with Gasteiger partial charge in [0.1, 0.15) is 30.1 Å². The van der Waals surface area contributed by atoms with Crippen LogP contribution in [0.4, 0.5) is 0 Å². The molecule has 0 radical (unpaired) electrons. The van der Waals surface area contributed by atoms with Gasteiger partial charge in [0.05, 0.1) is 18.3 Å². The van der Waals surface area contributed by atoms with E-state index in [4.69, 9.17) is 23.7 Å². The molecule has 3 fully saturated rings. The Bertz CT molecular complexity index is 1750. The fraction of sp³-hybridized carbons (Fsp3) is 0.750. The number of aliphatic hydroxyl groups is 2. The normalized spacial score (nSPS) is 40.4. The summed E-state index contributed by atoms with van der Waals surface area (Å²) in [5.74, 6) is -7.07. The monoisotopic (exact) mass is 912 g/mol. The zero-order valence-corrected chi connectivity index (χ0v) is 41.2. The van der Waals surface area contributed by atoms with Crippen LogP contribution in [0.3, 0.4) is 0 Å². The molecule has 1 aliphatic carbocycles. The van der Waals surface area contributed by atoms with E-state index < -0.39 is 77.8 Å². The number of aliphatic hydroxyl groups excluding tert-OH is 1. The molecule has 4 aliphatic rings. The van der Waals surface area contributed by atoms with E-state index in [2.05, 4.69) is 6.92 Å². The number of hydrogen-bond donors (Lipinski definition) is 2. The number of piperidine rings is 1. The predicted molar refractivity (Wildman–Crippen MR) is 248 cm³/mol. The van der Waals surface area contributed by atoms with Crippen molar-refractivity contribution in [2.24, 2.45) is 41.4 Å². The zero-order chi connectivity index (χ0) is 48.2. The number of esters is 1. The van der Waals surface area contributed by atoms with Gasteiger partial charge in [-0.2, -0.15) is 0 Å². The maximum atomic E-state index is 14.4. The van der Waals surface area contributed by atoms with Crippen LogP contribution in [-0.2, 0) is 47.7 Å². The Labute approximate surface area is 388 Å². The number of carbonyl (C=O) groups is 5. The number of hydrogen-bond acceptors (Lipinski definition) is 12. The highest BCUT2D eigenvalue weighted by molar-refractivity contribution is 6.39. The molecule has 0 aromatic heterocycles. The Morgan fingerprint density at radius 2 is 1.57 bits per heavy atom. The molecule has 11 unspecified atom stereocenters. The number of ether oxygens (including phenoxy) is 5. The molecule has 2 bridgehead atoms. The van der Waals surface area contributed by atoms with Crippen LogP contribution in [0.15, 0.2) is 47.6 Å². The van der Waals surface area contributed by atoms with Crippen LogP contribution in [-0.4, -0.2) is 121 Å². The summed E-state index contributed by atoms with van der Waals surface area (Å²) in [6.45, 7) is 15.1. The molecule has 1 saturated carbocycles. The Kier molecular flexibility index (Phi) is 21.0. The second-order valence-electron chi connectivity index (χ2n) is 20.0. The summed E-state index contributed by atoms with van der Waals surface area (Å²) in [5, 5.41) is 23.4. The van der Waals surface area contributed by atoms with Gasteiger partial charge in [0.2, 0.25) is 5.79 Å². The highest BCUT2D eigenvalue weighted by Gasteiger charge is 2.53. The van der Waals surface area contributed by atoms with E-state index >= 15 is 0 Å². The molecule has 3 heterocycles. The highest BCUT2D eigenvalue weighted by atomic mass is 16.6. The minimum atomic E-state index is -2.41. The van der Waals surface area contributed by atoms with E-state index in [9.17, 15) is 34.2 Å². The lowest BCUT2D eigenvalue weighted by Gasteiger charge is -2.42. The van der Waals surface area contributed by atoms with E-state index in [1.54, 1.807) is 41.1 Å². The lowest BCUT2D eigenvalue weighted by Crippen LogP contribution is -2.61. The van der Waals surface area contributed by atoms with Crippen molar-refractivity contribution in [2.45, 2.75) is 181 Å². The van der Waals surface area contributed by atoms with E-state index in [-0.39, 0.29) is 54.8 Å². The van der Waals surface area contributed by atoms with Crippen molar-refractivity contribution in [1.82, 2.24) is 4.90 Å². The van der Waals surface area contributed by atoms with Crippen LogP contribution in [0.1, 0.15) is 132 Å². The number of cyclic esters (lactones) is 1. The van der Waals surface area contributed by atoms with E-state index in [1.165, 1.54) is 12.0 Å². The zero-order valence-electron chi connectivity index (χ0n) is 41.2. The quantitative estimate of drug-likeness (QED) is 0.153. The third kappa shape index (κ3) is 14.3. The van der Waals surface area contributed by atoms with Crippen molar-refractivity contribution in [3.63, 3.8) is 0 Å². The van der Waals surface area contributed by atoms with E-state index in [1.807, 2.05) is 58.1 Å². The number of allylic oxidation sites excluding steroid dienone is 6. The molecule has 2 N–H and O–H groups in total. The molecule has 13 heteroatoms. The molecule has 1 amide bonds. The Morgan fingerprint density at radius 3 is 2.25 bits per heavy atom. The number of Topliss-reactive ketones (excluding diaryl/α,β-unsaturated/α-hetero) is 3. The minimum Gasteiger partial charge on any atom is -0.460 e. The molecule has 4 rings (SSSR count). The number of amides is 1. The third-order valence-electron chi connectivity index (χ3n) is 14.8. The number of ketones is 3. The predicted octanol–water partition coefficient (Wildman–Crippen LogP) is 7.46. The van der Waals surface area contributed by atoms with Crippen molar-refractivity contribution in [2.75, 3.05) is 27.9 Å². The van der Waals surface area contributed by atoms with Crippen molar-refractivity contribution < 1.29 is 57.9 Å². The van der Waals surface area contributed by atoms with Gasteiger partial charge >= 0.3 is 5.97 Å². The first-order valence-corrected chi connectivity index (χ1v) is 24.2. The van der Waals surface area contributed by atoms with Crippen LogP contribution in [0.2, 0.25) is 0 Å². The van der Waals surface area contributed by atoms with Crippen LogP contribution in [0.5, 0.6) is 0 Å². The first kappa shape index (κ1) is 54.3. The molecule has 0 spiro atoms. The molecule has 366 valence electrons. The highest BCUT2D eigenvalue weighted by Crippen LogP contribution is 2.38. The average molecular weight is 912 g/mol. The van der Waals surface area contributed by atoms with Gasteiger partial charge in [0.15, 0.2) is 5.78 Å². The lowest BCUT2D eigenvalue weighted by atomic mass is 9.76. The number of carbonyl (C=O) groups excluding carboxylic acids is 5. The van der Waals surface area contributed by atoms with Crippen LogP contribution in [0, 0.1) is 41.4 Å². The van der Waals surface area contributed by atoms with Gasteiger partial charge in [-0.1, -0.05) is 78.0 Å². The van der Waals surface area contributed by atoms with Crippen molar-refractivity contribution in [1.29, 1.82) is 0 Å². The molecular formula is C52H81NO12. The summed E-state index contributed by atoms with van der Waals surface area (Å²) < 4.78 is 29.7. The molecule has 3 aliphatic heterocycles. The van der Waals surface area contributed by atoms with Gasteiger partial charge in [-0.25, -0.2) is 4.79 Å². The van der Waals surface area contributed by atoms with Crippen molar-refractivity contribution >= 4 is 29.2 Å². The average Bonchev–Trinajstić information content (AvgIpc) is 3.28. The largest absolute Gasteiger partial charge is 0.460 e. The van der Waals surface area contributed by atoms with Gasteiger partial charge in [0.25, 0.3) is 11.7 Å². The standard InChI is InChI=1S/C52H81NO12/c1-31-17-13-12-14-18-32(2)44(62-10)29-40-23-21-38(8)52(60,65-40)49(57)50(58)53-24-16-15-19-41(53)51(59)64-45(35(5)27-39-22-20-33(3)43(28-39)61-9)30-42(54)34(4)26-37(7)47(56)48(63-11)46(55)36(6)25-31/h12-14,17-18,26,31,33-36,38-41,43-45,47-48,56,60H,15-16,19-25,27-30H2,1-11H3/b14-12+,17-13+,32-18+,37-26+/t31-,33+,34?,35?,36?,38?,39+,40?,41+,43?,44?,45?,47?,48?,52?/m1/s1. The van der Waals surface area contributed by atoms with Crippen LogP contribution >= 0.6 is 0 Å². The maximum Gasteiger partial charge on any atom is 0.329 e. The molecule has 13 nitrogen and oxygen atoms in total. The summed E-state index contributed by atoms with van der Waals surface area (Å²) in [7, 11) is 4.70. The number of nitrogens with zero attached hydrogens (tertiary/aromatic N) is 1. The molecule has 2 saturated heterocycles. The van der Waals surface area contributed by atoms with Gasteiger partial charge in [-0.15, -0.1) is 0 Å². The maximum absolute atomic E-state index is 14.4. The Hall–Kier alpha value is -3.33. The molecule has 0 aromatic rings. The Morgan fingerprint density at radius 1 is 0.846 bits per heavy atom. The van der Waals surface area contributed by atoms with Gasteiger partial charge in [0, 0.05) is 58.5 Å². The van der Waals surface area contributed by atoms with Gasteiger partial charge in [-0.05, 0) is 113 Å². The fourth-order valence-electron chi connectivity index (χ4n) is 10.4. The second-order valence-corrected chi connectivity index (χ2v) is 20.0. The molecule has 0 aromatic carbocycles. The van der Waals surface area contributed by atoms with Crippen molar-refractivity contribution in [3.8, 4) is 0 Å². The number of methoxy groups -OCH3 is 3. The summed E-state index contributed by atoms with van der Waals surface area (Å²) >= 11 is 0. The fourth-order valence-corrected chi connectivity index (χ4v) is 10.4. The summed E-state index contributed by atoms with van der Waals surface area (Å²) in [5.41, 5.74) is 1.30. The van der Waals surface area contributed by atoms with E-state index in [0.29, 0.717) is 56.4 Å². The summed E-state index contributed by atoms with van der Waals surface area (Å²) in [6.07, 6.45) is 13.6. The molecular weight excluding hydrogens is 831 g/mol. The third-order valence-corrected chi connectivity index (χ3v) is 14.8. The van der Waals surface area contributed by atoms with Crippen LogP contribution < -0.4 is 0 Å². The van der Waals surface area contributed by atoms with E-state index in [0.717, 1.165) is 24.8 Å². The summed E-state index contributed by atoms with van der Waals surface area (Å²) in [4.78, 5) is 71.9.